The Morgan fingerprint density at radius 2 is 1.82 bits per heavy atom. The first-order valence-electron chi connectivity index (χ1n) is 8.75. The van der Waals surface area contributed by atoms with E-state index in [2.05, 4.69) is 50.9 Å². The molecule has 0 fully saturated rings. The molecule has 0 aliphatic rings. The molecule has 0 amide bonds. The number of rotatable bonds is 8. The number of primary sulfonamides is 1. The highest BCUT2D eigenvalue weighted by Crippen LogP contribution is 2.11. The second-order valence-electron chi connectivity index (χ2n) is 6.37. The lowest BCUT2D eigenvalue weighted by Crippen LogP contribution is -2.12. The summed E-state index contributed by atoms with van der Waals surface area (Å²) in [4.78, 5) is 4.50. The summed E-state index contributed by atoms with van der Waals surface area (Å²) >= 11 is 0. The normalized spacial score (nSPS) is 11.2. The first-order chi connectivity index (χ1) is 13.4. The molecule has 1 heterocycles. The van der Waals surface area contributed by atoms with E-state index in [1.54, 1.807) is 18.3 Å². The molecule has 8 nitrogen and oxygen atoms in total. The molecule has 3 rings (SSSR count). The second kappa shape index (κ2) is 8.77. The van der Waals surface area contributed by atoms with Crippen molar-refractivity contribution in [1.29, 1.82) is 0 Å². The minimum atomic E-state index is -3.67. The van der Waals surface area contributed by atoms with E-state index in [4.69, 9.17) is 5.14 Å². The number of nitrogens with two attached hydrogens (primary N) is 1. The molecule has 0 bridgehead atoms. The van der Waals surface area contributed by atoms with Crippen LogP contribution < -0.4 is 15.8 Å². The minimum Gasteiger partial charge on any atom is -0.365 e. The third-order valence-electron chi connectivity index (χ3n) is 4.06. The lowest BCUT2D eigenvalue weighted by Gasteiger charge is -2.08. The van der Waals surface area contributed by atoms with E-state index in [0.29, 0.717) is 31.3 Å². The molecule has 0 unspecified atom stereocenters. The van der Waals surface area contributed by atoms with Gasteiger partial charge in [0, 0.05) is 13.1 Å². The van der Waals surface area contributed by atoms with E-state index >= 15 is 0 Å². The molecule has 1 aromatic heterocycles. The van der Waals surface area contributed by atoms with Gasteiger partial charge in [-0.3, -0.25) is 0 Å². The maximum Gasteiger partial charge on any atom is 0.244 e. The van der Waals surface area contributed by atoms with Gasteiger partial charge in [0.25, 0.3) is 0 Å². The van der Waals surface area contributed by atoms with Gasteiger partial charge in [-0.15, -0.1) is 5.10 Å². The van der Waals surface area contributed by atoms with Gasteiger partial charge < -0.3 is 10.6 Å². The molecule has 0 saturated carbocycles. The first-order valence-corrected chi connectivity index (χ1v) is 10.3. The van der Waals surface area contributed by atoms with Gasteiger partial charge in [-0.05, 0) is 36.6 Å². The van der Waals surface area contributed by atoms with Gasteiger partial charge in [0.1, 0.15) is 0 Å². The Balaban J connectivity index is 1.52. The number of benzene rings is 2. The van der Waals surface area contributed by atoms with Crippen LogP contribution in [-0.2, 0) is 23.0 Å². The smallest absolute Gasteiger partial charge is 0.244 e. The van der Waals surface area contributed by atoms with E-state index in [1.807, 2.05) is 6.07 Å². The topological polar surface area (TPSA) is 123 Å². The van der Waals surface area contributed by atoms with Gasteiger partial charge >= 0.3 is 0 Å². The second-order valence-corrected chi connectivity index (χ2v) is 7.93. The van der Waals surface area contributed by atoms with Gasteiger partial charge in [-0.1, -0.05) is 42.0 Å². The van der Waals surface area contributed by atoms with E-state index in [0.717, 1.165) is 11.1 Å². The van der Waals surface area contributed by atoms with Crippen LogP contribution in [0.5, 0.6) is 0 Å². The molecule has 9 heteroatoms. The van der Waals surface area contributed by atoms with Crippen molar-refractivity contribution in [3.8, 4) is 0 Å². The van der Waals surface area contributed by atoms with E-state index in [9.17, 15) is 8.42 Å². The Bertz CT molecular complexity index is 1040. The summed E-state index contributed by atoms with van der Waals surface area (Å²) in [5, 5.41) is 19.4. The van der Waals surface area contributed by atoms with E-state index in [1.165, 1.54) is 17.7 Å². The fraction of sp³-hybridized carbons (Fsp3) is 0.211. The van der Waals surface area contributed by atoms with Crippen LogP contribution in [0.25, 0.3) is 0 Å². The van der Waals surface area contributed by atoms with Crippen LogP contribution in [0.15, 0.2) is 59.6 Å². The Kier molecular flexibility index (Phi) is 6.17. The number of hydrogen-bond acceptors (Lipinski definition) is 7. The summed E-state index contributed by atoms with van der Waals surface area (Å²) in [6.07, 6.45) is 2.25. The van der Waals surface area contributed by atoms with Crippen LogP contribution in [0.4, 0.5) is 11.8 Å². The third-order valence-corrected chi connectivity index (χ3v) is 4.99. The Morgan fingerprint density at radius 1 is 1.04 bits per heavy atom. The highest BCUT2D eigenvalue weighted by Gasteiger charge is 2.07. The van der Waals surface area contributed by atoms with Crippen LogP contribution in [0.3, 0.4) is 0 Å². The highest BCUT2D eigenvalue weighted by atomic mass is 32.2. The number of hydrogen-bond donors (Lipinski definition) is 3. The molecular weight excluding hydrogens is 376 g/mol. The maximum atomic E-state index is 11.3. The molecule has 0 saturated heterocycles. The first kappa shape index (κ1) is 19.7. The number of nitrogens with zero attached hydrogens (tertiary/aromatic N) is 3. The van der Waals surface area contributed by atoms with Crippen molar-refractivity contribution in [1.82, 2.24) is 15.2 Å². The van der Waals surface area contributed by atoms with Crippen molar-refractivity contribution in [3.63, 3.8) is 0 Å². The van der Waals surface area contributed by atoms with E-state index in [-0.39, 0.29) is 4.90 Å². The monoisotopic (exact) mass is 398 g/mol. The van der Waals surface area contributed by atoms with Gasteiger partial charge in [-0.25, -0.2) is 13.6 Å². The van der Waals surface area contributed by atoms with Crippen LogP contribution >= 0.6 is 0 Å². The van der Waals surface area contributed by atoms with Gasteiger partial charge in [0.15, 0.2) is 5.82 Å². The van der Waals surface area contributed by atoms with Crippen molar-refractivity contribution in [2.24, 2.45) is 5.14 Å². The van der Waals surface area contributed by atoms with Crippen LogP contribution in [0.2, 0.25) is 0 Å². The zero-order chi connectivity index (χ0) is 20.0. The molecule has 2 aromatic carbocycles. The maximum absolute atomic E-state index is 11.3. The third kappa shape index (κ3) is 5.73. The summed E-state index contributed by atoms with van der Waals surface area (Å²) in [7, 11) is -3.67. The SMILES string of the molecule is Cc1cccc(CNc2cnnc(NCCc3ccc(S(N)(=O)=O)cc3)n2)c1. The molecule has 0 aliphatic carbocycles. The molecule has 28 heavy (non-hydrogen) atoms. The number of aromatic nitrogens is 3. The van der Waals surface area contributed by atoms with Crippen molar-refractivity contribution >= 4 is 21.8 Å². The molecule has 0 spiro atoms. The van der Waals surface area contributed by atoms with Crippen molar-refractivity contribution < 1.29 is 8.42 Å². The number of aryl methyl sites for hydroxylation is 1. The number of anilines is 2. The molecule has 0 radical (unpaired) electrons. The number of sulfonamides is 1. The summed E-state index contributed by atoms with van der Waals surface area (Å²) in [6, 6.07) is 14.7. The minimum absolute atomic E-state index is 0.101. The fourth-order valence-electron chi connectivity index (χ4n) is 2.64. The van der Waals surface area contributed by atoms with E-state index < -0.39 is 10.0 Å². The summed E-state index contributed by atoms with van der Waals surface area (Å²) in [5.41, 5.74) is 3.34. The quantitative estimate of drug-likeness (QED) is 0.531. The average Bonchev–Trinajstić information content (AvgIpc) is 2.67. The standard InChI is InChI=1S/C19H22N6O2S/c1-14-3-2-4-16(11-14)12-22-18-13-23-25-19(24-18)21-10-9-15-5-7-17(8-6-15)28(20,26)27/h2-8,11,13H,9-10,12H2,1H3,(H2,20,26,27)(H2,21,22,24,25). The highest BCUT2D eigenvalue weighted by molar-refractivity contribution is 7.89. The van der Waals surface area contributed by atoms with Crippen LogP contribution in [-0.4, -0.2) is 30.1 Å². The Morgan fingerprint density at radius 3 is 2.54 bits per heavy atom. The predicted octanol–water partition coefficient (Wildman–Crippen LogP) is 2.09. The van der Waals surface area contributed by atoms with Gasteiger partial charge in [-0.2, -0.15) is 10.1 Å². The zero-order valence-corrected chi connectivity index (χ0v) is 16.3. The van der Waals surface area contributed by atoms with Gasteiger partial charge in [0.2, 0.25) is 16.0 Å². The molecule has 4 N–H and O–H groups in total. The largest absolute Gasteiger partial charge is 0.365 e. The van der Waals surface area contributed by atoms with Crippen LogP contribution in [0.1, 0.15) is 16.7 Å². The molecular formula is C19H22N6O2S. The molecule has 0 atom stereocenters. The summed E-state index contributed by atoms with van der Waals surface area (Å²) < 4.78 is 22.5. The zero-order valence-electron chi connectivity index (χ0n) is 15.5. The van der Waals surface area contributed by atoms with Crippen molar-refractivity contribution in [2.75, 3.05) is 17.2 Å². The lowest BCUT2D eigenvalue weighted by molar-refractivity contribution is 0.598. The molecule has 0 aliphatic heterocycles. The summed E-state index contributed by atoms with van der Waals surface area (Å²) in [5.74, 6) is 1.06. The molecule has 3 aromatic rings. The lowest BCUT2D eigenvalue weighted by atomic mass is 10.1. The van der Waals surface area contributed by atoms with Gasteiger partial charge in [0.05, 0.1) is 11.1 Å². The van der Waals surface area contributed by atoms with Crippen LogP contribution in [0, 0.1) is 6.92 Å². The average molecular weight is 398 g/mol. The Hall–Kier alpha value is -3.04. The molecule has 146 valence electrons. The predicted molar refractivity (Wildman–Crippen MR) is 108 cm³/mol. The fourth-order valence-corrected chi connectivity index (χ4v) is 3.16. The number of nitrogens with one attached hydrogen (secondary N) is 2. The Labute approximate surface area is 164 Å². The summed E-state index contributed by atoms with van der Waals surface area (Å²) in [6.45, 7) is 3.29. The van der Waals surface area contributed by atoms with Crippen molar-refractivity contribution in [3.05, 3.63) is 71.4 Å². The van der Waals surface area contributed by atoms with Crippen molar-refractivity contribution in [2.45, 2.75) is 24.8 Å².